The quantitative estimate of drug-likeness (QED) is 0.787. The molecule has 0 bridgehead atoms. The summed E-state index contributed by atoms with van der Waals surface area (Å²) < 4.78 is 0. The minimum absolute atomic E-state index is 0.956. The van der Waals surface area contributed by atoms with Crippen LogP contribution in [0.5, 0.6) is 0 Å². The van der Waals surface area contributed by atoms with Gasteiger partial charge in [-0.05, 0) is 30.7 Å². The van der Waals surface area contributed by atoms with Crippen molar-refractivity contribution >= 4 is 22.4 Å². The predicted octanol–water partition coefficient (Wildman–Crippen LogP) is 2.84. The van der Waals surface area contributed by atoms with E-state index in [4.69, 9.17) is 0 Å². The maximum atomic E-state index is 4.40. The molecule has 0 aliphatic carbocycles. The number of amidine groups is 1. The molecule has 3 nitrogen and oxygen atoms in total. The second-order valence-corrected chi connectivity index (χ2v) is 3.97. The molecule has 0 atom stereocenters. The molecular weight excluding hydrogens is 198 g/mol. The number of pyridine rings is 1. The van der Waals surface area contributed by atoms with Gasteiger partial charge in [0.15, 0.2) is 0 Å². The van der Waals surface area contributed by atoms with E-state index in [1.807, 2.05) is 18.3 Å². The molecule has 2 heterocycles. The summed E-state index contributed by atoms with van der Waals surface area (Å²) in [4.78, 5) is 8.70. The van der Waals surface area contributed by atoms with E-state index in [-0.39, 0.29) is 0 Å². The lowest BCUT2D eigenvalue weighted by Gasteiger charge is -2.06. The lowest BCUT2D eigenvalue weighted by molar-refractivity contribution is 0.951. The average molecular weight is 211 g/mol. The minimum atomic E-state index is 0.956. The third-order valence-corrected chi connectivity index (χ3v) is 2.77. The Morgan fingerprint density at radius 2 is 2.19 bits per heavy atom. The number of benzene rings is 1. The molecule has 2 aromatic rings. The van der Waals surface area contributed by atoms with Crippen LogP contribution in [0.4, 0.5) is 5.69 Å². The fourth-order valence-corrected chi connectivity index (χ4v) is 1.96. The van der Waals surface area contributed by atoms with Crippen molar-refractivity contribution in [1.82, 2.24) is 4.98 Å². The van der Waals surface area contributed by atoms with Crippen molar-refractivity contribution in [2.24, 2.45) is 4.99 Å². The van der Waals surface area contributed by atoms with Crippen LogP contribution in [0.1, 0.15) is 12.8 Å². The van der Waals surface area contributed by atoms with Crippen molar-refractivity contribution in [3.63, 3.8) is 0 Å². The van der Waals surface area contributed by atoms with E-state index in [0.717, 1.165) is 41.8 Å². The molecular formula is C13H13N3. The highest BCUT2D eigenvalue weighted by Crippen LogP contribution is 2.18. The van der Waals surface area contributed by atoms with Crippen LogP contribution in [0.2, 0.25) is 0 Å². The lowest BCUT2D eigenvalue weighted by atomic mass is 10.2. The minimum Gasteiger partial charge on any atom is -0.344 e. The zero-order valence-corrected chi connectivity index (χ0v) is 8.98. The van der Waals surface area contributed by atoms with Crippen LogP contribution in [0.25, 0.3) is 10.9 Å². The van der Waals surface area contributed by atoms with Crippen LogP contribution in [0.3, 0.4) is 0 Å². The van der Waals surface area contributed by atoms with Gasteiger partial charge >= 0.3 is 0 Å². The summed E-state index contributed by atoms with van der Waals surface area (Å²) in [7, 11) is 0. The average Bonchev–Trinajstić information content (AvgIpc) is 2.82. The van der Waals surface area contributed by atoms with Gasteiger partial charge in [0.25, 0.3) is 0 Å². The standard InChI is InChI=1S/C13H13N3/c1-3-10-9-11(5-6-12(10)14-7-1)16-13-4-2-8-15-13/h1,3,5-7,9H,2,4,8H2,(H,15,16). The Labute approximate surface area is 94.2 Å². The second-order valence-electron chi connectivity index (χ2n) is 3.97. The van der Waals surface area contributed by atoms with Gasteiger partial charge in [-0.25, -0.2) is 0 Å². The van der Waals surface area contributed by atoms with Crippen molar-refractivity contribution in [2.75, 3.05) is 11.9 Å². The summed E-state index contributed by atoms with van der Waals surface area (Å²) in [6.45, 7) is 0.956. The van der Waals surface area contributed by atoms with Crippen molar-refractivity contribution in [2.45, 2.75) is 12.8 Å². The highest BCUT2D eigenvalue weighted by molar-refractivity contribution is 5.98. The van der Waals surface area contributed by atoms with Gasteiger partial charge in [0.2, 0.25) is 0 Å². The van der Waals surface area contributed by atoms with Gasteiger partial charge in [0.05, 0.1) is 5.52 Å². The summed E-state index contributed by atoms with van der Waals surface area (Å²) in [6, 6.07) is 10.2. The van der Waals surface area contributed by atoms with E-state index >= 15 is 0 Å². The van der Waals surface area contributed by atoms with E-state index < -0.39 is 0 Å². The molecule has 1 aromatic heterocycles. The van der Waals surface area contributed by atoms with Gasteiger partial charge in [-0.3, -0.25) is 9.98 Å². The summed E-state index contributed by atoms with van der Waals surface area (Å²) in [6.07, 6.45) is 4.04. The summed E-state index contributed by atoms with van der Waals surface area (Å²) >= 11 is 0. The zero-order chi connectivity index (χ0) is 10.8. The Morgan fingerprint density at radius 1 is 1.19 bits per heavy atom. The highest BCUT2D eigenvalue weighted by atomic mass is 15.0. The fourth-order valence-electron chi connectivity index (χ4n) is 1.96. The van der Waals surface area contributed by atoms with E-state index in [2.05, 4.69) is 33.5 Å². The topological polar surface area (TPSA) is 37.3 Å². The van der Waals surface area contributed by atoms with Crippen LogP contribution in [0, 0.1) is 0 Å². The van der Waals surface area contributed by atoms with E-state index in [0.29, 0.717) is 0 Å². The van der Waals surface area contributed by atoms with Gasteiger partial charge in [-0.15, -0.1) is 0 Å². The van der Waals surface area contributed by atoms with E-state index in [1.165, 1.54) is 0 Å². The molecule has 0 amide bonds. The summed E-state index contributed by atoms with van der Waals surface area (Å²) in [5.74, 6) is 1.10. The monoisotopic (exact) mass is 211 g/mol. The van der Waals surface area contributed by atoms with Crippen LogP contribution in [0.15, 0.2) is 41.5 Å². The highest BCUT2D eigenvalue weighted by Gasteiger charge is 2.06. The number of fused-ring (bicyclic) bond motifs is 1. The predicted molar refractivity (Wildman–Crippen MR) is 66.9 cm³/mol. The maximum absolute atomic E-state index is 4.40. The number of aliphatic imine (C=N–C) groups is 1. The number of nitrogens with one attached hydrogen (secondary N) is 1. The molecule has 0 radical (unpaired) electrons. The Kier molecular flexibility index (Phi) is 2.29. The van der Waals surface area contributed by atoms with Crippen LogP contribution in [-0.4, -0.2) is 17.4 Å². The number of hydrogen-bond donors (Lipinski definition) is 1. The Balaban J connectivity index is 1.92. The Bertz CT molecular complexity index is 546. The van der Waals surface area contributed by atoms with Crippen molar-refractivity contribution in [3.05, 3.63) is 36.5 Å². The number of nitrogens with zero attached hydrogens (tertiary/aromatic N) is 2. The summed E-state index contributed by atoms with van der Waals surface area (Å²) in [5.41, 5.74) is 2.13. The normalized spacial score (nSPS) is 15.1. The molecule has 16 heavy (non-hydrogen) atoms. The third kappa shape index (κ3) is 1.76. The first-order valence-corrected chi connectivity index (χ1v) is 5.57. The molecule has 3 rings (SSSR count). The number of hydrogen-bond acceptors (Lipinski definition) is 3. The molecule has 0 saturated carbocycles. The molecule has 1 aliphatic rings. The van der Waals surface area contributed by atoms with Crippen molar-refractivity contribution < 1.29 is 0 Å². The first-order chi connectivity index (χ1) is 7.92. The van der Waals surface area contributed by atoms with Gasteiger partial charge in [-0.1, -0.05) is 6.07 Å². The Hall–Kier alpha value is -1.90. The van der Waals surface area contributed by atoms with Gasteiger partial charge in [-0.2, -0.15) is 0 Å². The fraction of sp³-hybridized carbons (Fsp3) is 0.231. The van der Waals surface area contributed by atoms with Crippen LogP contribution < -0.4 is 5.32 Å². The maximum Gasteiger partial charge on any atom is 0.101 e. The molecule has 0 unspecified atom stereocenters. The van der Waals surface area contributed by atoms with Crippen LogP contribution >= 0.6 is 0 Å². The van der Waals surface area contributed by atoms with Crippen molar-refractivity contribution in [3.8, 4) is 0 Å². The molecule has 1 N–H and O–H groups in total. The number of aromatic nitrogens is 1. The van der Waals surface area contributed by atoms with Crippen molar-refractivity contribution in [1.29, 1.82) is 0 Å². The van der Waals surface area contributed by atoms with E-state index in [9.17, 15) is 0 Å². The molecule has 1 aliphatic heterocycles. The number of anilines is 1. The first kappa shape index (κ1) is 9.33. The van der Waals surface area contributed by atoms with Gasteiger partial charge in [0, 0.05) is 30.2 Å². The van der Waals surface area contributed by atoms with Gasteiger partial charge in [0.1, 0.15) is 5.84 Å². The van der Waals surface area contributed by atoms with E-state index in [1.54, 1.807) is 0 Å². The first-order valence-electron chi connectivity index (χ1n) is 5.57. The molecule has 3 heteroatoms. The number of rotatable bonds is 1. The largest absolute Gasteiger partial charge is 0.344 e. The molecule has 0 spiro atoms. The molecule has 0 saturated heterocycles. The third-order valence-electron chi connectivity index (χ3n) is 2.77. The smallest absolute Gasteiger partial charge is 0.101 e. The van der Waals surface area contributed by atoms with Crippen LogP contribution in [-0.2, 0) is 0 Å². The second kappa shape index (κ2) is 3.93. The Morgan fingerprint density at radius 3 is 3.06 bits per heavy atom. The zero-order valence-electron chi connectivity index (χ0n) is 8.98. The lowest BCUT2D eigenvalue weighted by Crippen LogP contribution is -2.07. The molecule has 80 valence electrons. The van der Waals surface area contributed by atoms with Gasteiger partial charge < -0.3 is 5.32 Å². The SMILES string of the molecule is c1cnc2ccc(NC3=NCCC3)cc2c1. The molecule has 1 aromatic carbocycles. The summed E-state index contributed by atoms with van der Waals surface area (Å²) in [5, 5.41) is 4.51. The molecule has 0 fully saturated rings.